The highest BCUT2D eigenvalue weighted by Crippen LogP contribution is 2.33. The first-order valence-corrected chi connectivity index (χ1v) is 7.93. The van der Waals surface area contributed by atoms with E-state index < -0.39 is 10.0 Å². The van der Waals surface area contributed by atoms with Gasteiger partial charge < -0.3 is 4.90 Å². The summed E-state index contributed by atoms with van der Waals surface area (Å²) in [5, 5.41) is 5.54. The molecular weight excluding hydrogens is 288 g/mol. The average Bonchev–Trinajstić information content (AvgIpc) is 2.61. The van der Waals surface area contributed by atoms with Crippen LogP contribution in [0.3, 0.4) is 0 Å². The Kier molecular flexibility index (Phi) is 3.85. The fraction of sp³-hybridized carbons (Fsp3) is 0.417. The second-order valence-electron chi connectivity index (χ2n) is 4.81. The second kappa shape index (κ2) is 5.11. The summed E-state index contributed by atoms with van der Waals surface area (Å²) in [6, 6.07) is 5.43. The van der Waals surface area contributed by atoms with E-state index >= 15 is 0 Å². The number of rotatable bonds is 3. The topological polar surface area (TPSA) is 80.5 Å². The van der Waals surface area contributed by atoms with Crippen LogP contribution in [0.15, 0.2) is 18.2 Å². The Labute approximate surface area is 117 Å². The molecule has 1 aliphatic rings. The number of sulfonamides is 1. The monoisotopic (exact) mass is 302 g/mol. The van der Waals surface area contributed by atoms with Crippen LogP contribution in [0.25, 0.3) is 0 Å². The van der Waals surface area contributed by atoms with Gasteiger partial charge in [0.1, 0.15) is 0 Å². The molecular formula is C12H15ClN2O3S. The number of anilines is 1. The lowest BCUT2D eigenvalue weighted by atomic mass is 10.1. The molecule has 5 nitrogen and oxygen atoms in total. The SMILES string of the molecule is Cc1cccc(N2CC(CS(N)(=O)=O)CC2=O)c1Cl. The number of nitrogens with two attached hydrogens (primary N) is 1. The lowest BCUT2D eigenvalue weighted by Crippen LogP contribution is -2.27. The van der Waals surface area contributed by atoms with E-state index in [0.717, 1.165) is 5.56 Å². The molecule has 1 heterocycles. The van der Waals surface area contributed by atoms with Crippen molar-refractivity contribution >= 4 is 33.2 Å². The summed E-state index contributed by atoms with van der Waals surface area (Å²) in [7, 11) is -3.57. The first kappa shape index (κ1) is 14.3. The number of carbonyl (C=O) groups excluding carboxylic acids is 1. The van der Waals surface area contributed by atoms with E-state index in [4.69, 9.17) is 16.7 Å². The summed E-state index contributed by atoms with van der Waals surface area (Å²) in [5.74, 6) is -0.584. The van der Waals surface area contributed by atoms with E-state index in [1.807, 2.05) is 19.1 Å². The third-order valence-electron chi connectivity index (χ3n) is 3.14. The van der Waals surface area contributed by atoms with Crippen LogP contribution in [0.4, 0.5) is 5.69 Å². The number of primary sulfonamides is 1. The predicted octanol–water partition coefficient (Wildman–Crippen LogP) is 1.29. The van der Waals surface area contributed by atoms with Crippen molar-refractivity contribution < 1.29 is 13.2 Å². The van der Waals surface area contributed by atoms with E-state index in [1.54, 1.807) is 6.07 Å². The van der Waals surface area contributed by atoms with Gasteiger partial charge in [-0.15, -0.1) is 0 Å². The Balaban J connectivity index is 2.23. The zero-order valence-corrected chi connectivity index (χ0v) is 12.0. The maximum absolute atomic E-state index is 12.0. The maximum Gasteiger partial charge on any atom is 0.227 e. The Morgan fingerprint density at radius 3 is 2.79 bits per heavy atom. The van der Waals surface area contributed by atoms with Crippen LogP contribution in [0.5, 0.6) is 0 Å². The van der Waals surface area contributed by atoms with Gasteiger partial charge in [0.25, 0.3) is 0 Å². The zero-order valence-electron chi connectivity index (χ0n) is 10.5. The van der Waals surface area contributed by atoms with Crippen LogP contribution >= 0.6 is 11.6 Å². The van der Waals surface area contributed by atoms with Gasteiger partial charge in [0.05, 0.1) is 16.5 Å². The van der Waals surface area contributed by atoms with Gasteiger partial charge in [0.2, 0.25) is 15.9 Å². The molecule has 0 radical (unpaired) electrons. The molecule has 19 heavy (non-hydrogen) atoms. The molecule has 0 saturated carbocycles. The molecule has 1 aromatic carbocycles. The van der Waals surface area contributed by atoms with Gasteiger partial charge >= 0.3 is 0 Å². The van der Waals surface area contributed by atoms with Gasteiger partial charge in [-0.1, -0.05) is 23.7 Å². The molecule has 7 heteroatoms. The average molecular weight is 303 g/mol. The fourth-order valence-electron chi connectivity index (χ4n) is 2.29. The first-order chi connectivity index (χ1) is 8.78. The Morgan fingerprint density at radius 2 is 2.16 bits per heavy atom. The first-order valence-electron chi connectivity index (χ1n) is 5.84. The minimum Gasteiger partial charge on any atom is -0.311 e. The lowest BCUT2D eigenvalue weighted by Gasteiger charge is -2.19. The van der Waals surface area contributed by atoms with Crippen LogP contribution in [-0.2, 0) is 14.8 Å². The Bertz CT molecular complexity index is 615. The van der Waals surface area contributed by atoms with Crippen LogP contribution in [0.2, 0.25) is 5.02 Å². The molecule has 2 N–H and O–H groups in total. The third-order valence-corrected chi connectivity index (χ3v) is 4.56. The van der Waals surface area contributed by atoms with Crippen LogP contribution < -0.4 is 10.0 Å². The van der Waals surface area contributed by atoms with Crippen molar-refractivity contribution in [1.29, 1.82) is 0 Å². The van der Waals surface area contributed by atoms with E-state index in [1.165, 1.54) is 4.90 Å². The van der Waals surface area contributed by atoms with Crippen LogP contribution in [0, 0.1) is 12.8 Å². The second-order valence-corrected chi connectivity index (χ2v) is 6.85. The summed E-state index contributed by atoms with van der Waals surface area (Å²) >= 11 is 6.18. The molecule has 1 unspecified atom stereocenters. The zero-order chi connectivity index (χ0) is 14.2. The number of carbonyl (C=O) groups is 1. The standard InChI is InChI=1S/C12H15ClN2O3S/c1-8-3-2-4-10(12(8)13)15-6-9(5-11(15)16)7-19(14,17)18/h2-4,9H,5-7H2,1H3,(H2,14,17,18). The molecule has 1 aromatic rings. The van der Waals surface area contributed by atoms with Crippen molar-refractivity contribution in [2.75, 3.05) is 17.2 Å². The highest BCUT2D eigenvalue weighted by atomic mass is 35.5. The highest BCUT2D eigenvalue weighted by Gasteiger charge is 2.33. The van der Waals surface area contributed by atoms with Crippen molar-refractivity contribution in [2.45, 2.75) is 13.3 Å². The van der Waals surface area contributed by atoms with Crippen molar-refractivity contribution in [2.24, 2.45) is 11.1 Å². The van der Waals surface area contributed by atoms with Gasteiger partial charge in [-0.05, 0) is 18.6 Å². The molecule has 0 spiro atoms. The van der Waals surface area contributed by atoms with Gasteiger partial charge in [-0.2, -0.15) is 0 Å². The molecule has 1 fully saturated rings. The molecule has 104 valence electrons. The normalized spacial score (nSPS) is 20.1. The van der Waals surface area contributed by atoms with Crippen molar-refractivity contribution in [3.05, 3.63) is 28.8 Å². The molecule has 0 aromatic heterocycles. The largest absolute Gasteiger partial charge is 0.311 e. The summed E-state index contributed by atoms with van der Waals surface area (Å²) in [4.78, 5) is 13.5. The van der Waals surface area contributed by atoms with Crippen molar-refractivity contribution in [3.8, 4) is 0 Å². The van der Waals surface area contributed by atoms with Gasteiger partial charge in [-0.25, -0.2) is 13.6 Å². The number of amides is 1. The highest BCUT2D eigenvalue weighted by molar-refractivity contribution is 7.89. The summed E-state index contributed by atoms with van der Waals surface area (Å²) < 4.78 is 22.2. The van der Waals surface area contributed by atoms with Crippen molar-refractivity contribution in [1.82, 2.24) is 0 Å². The number of nitrogens with zero attached hydrogens (tertiary/aromatic N) is 1. The van der Waals surface area contributed by atoms with Crippen molar-refractivity contribution in [3.63, 3.8) is 0 Å². The molecule has 0 aliphatic carbocycles. The van der Waals surface area contributed by atoms with E-state index in [2.05, 4.69) is 0 Å². The molecule has 1 saturated heterocycles. The van der Waals surface area contributed by atoms with Gasteiger partial charge in [0.15, 0.2) is 0 Å². The number of halogens is 1. The number of benzene rings is 1. The molecule has 0 bridgehead atoms. The van der Waals surface area contributed by atoms with Gasteiger partial charge in [-0.3, -0.25) is 4.79 Å². The van der Waals surface area contributed by atoms with Gasteiger partial charge in [0, 0.05) is 18.9 Å². The number of aryl methyl sites for hydroxylation is 1. The van der Waals surface area contributed by atoms with Crippen LogP contribution in [0.1, 0.15) is 12.0 Å². The quantitative estimate of drug-likeness (QED) is 0.913. The lowest BCUT2D eigenvalue weighted by molar-refractivity contribution is -0.117. The minimum absolute atomic E-state index is 0.124. The fourth-order valence-corrected chi connectivity index (χ4v) is 3.40. The summed E-state index contributed by atoms with van der Waals surface area (Å²) in [6.45, 7) is 2.19. The smallest absolute Gasteiger partial charge is 0.227 e. The minimum atomic E-state index is -3.57. The third kappa shape index (κ3) is 3.26. The maximum atomic E-state index is 12.0. The molecule has 2 rings (SSSR count). The predicted molar refractivity (Wildman–Crippen MR) is 74.6 cm³/mol. The summed E-state index contributed by atoms with van der Waals surface area (Å²) in [6.07, 6.45) is 0.181. The molecule has 1 aliphatic heterocycles. The number of hydrogen-bond acceptors (Lipinski definition) is 3. The van der Waals surface area contributed by atoms with E-state index in [9.17, 15) is 13.2 Å². The Morgan fingerprint density at radius 1 is 1.47 bits per heavy atom. The number of hydrogen-bond donors (Lipinski definition) is 1. The van der Waals surface area contributed by atoms with Crippen LogP contribution in [-0.4, -0.2) is 26.6 Å². The molecule has 1 atom stereocenters. The van der Waals surface area contributed by atoms with E-state index in [0.29, 0.717) is 17.3 Å². The Hall–Kier alpha value is -1.11. The summed E-state index contributed by atoms with van der Waals surface area (Å²) in [5.41, 5.74) is 1.51. The van der Waals surface area contributed by atoms with E-state index in [-0.39, 0.29) is 24.0 Å². The molecule has 1 amide bonds.